The molecule has 0 bridgehead atoms. The van der Waals surface area contributed by atoms with Crippen LogP contribution in [0.5, 0.6) is 0 Å². The number of carbonyl (C=O) groups is 2. The van der Waals surface area contributed by atoms with Crippen molar-refractivity contribution in [2.24, 2.45) is 5.73 Å². The number of ether oxygens (including phenoxy) is 1. The van der Waals surface area contributed by atoms with Crippen LogP contribution in [0.2, 0.25) is 0 Å². The molecule has 1 aromatic carbocycles. The molecular formula is C13H19NO5. The smallest absolute Gasteiger partial charge is 0.402 e. The van der Waals surface area contributed by atoms with Crippen molar-refractivity contribution in [1.29, 1.82) is 0 Å². The Kier molecular flexibility index (Phi) is 7.95. The third-order valence-corrected chi connectivity index (χ3v) is 2.34. The highest BCUT2D eigenvalue weighted by molar-refractivity contribution is 5.66. The van der Waals surface area contributed by atoms with Crippen LogP contribution in [0.1, 0.15) is 24.0 Å². The first-order valence-corrected chi connectivity index (χ1v) is 5.66. The van der Waals surface area contributed by atoms with E-state index in [1.807, 2.05) is 31.2 Å². The first-order chi connectivity index (χ1) is 8.88. The Hall–Kier alpha value is -2.08. The number of nitrogens with two attached hydrogens (primary N) is 1. The van der Waals surface area contributed by atoms with E-state index in [1.165, 1.54) is 6.92 Å². The fourth-order valence-electron chi connectivity index (χ4n) is 1.50. The van der Waals surface area contributed by atoms with Gasteiger partial charge in [-0.2, -0.15) is 0 Å². The maximum atomic E-state index is 10.7. The summed E-state index contributed by atoms with van der Waals surface area (Å²) in [5.74, 6) is -0.447. The number of benzene rings is 1. The van der Waals surface area contributed by atoms with Gasteiger partial charge in [-0.3, -0.25) is 4.79 Å². The lowest BCUT2D eigenvalue weighted by atomic mass is 9.96. The molecule has 19 heavy (non-hydrogen) atoms. The molecule has 1 aromatic rings. The van der Waals surface area contributed by atoms with Crippen LogP contribution in [0, 0.1) is 6.92 Å². The second-order valence-corrected chi connectivity index (χ2v) is 3.88. The van der Waals surface area contributed by atoms with Gasteiger partial charge in [0.1, 0.15) is 6.61 Å². The molecule has 1 unspecified atom stereocenters. The van der Waals surface area contributed by atoms with Crippen molar-refractivity contribution in [3.63, 3.8) is 0 Å². The number of primary amides is 1. The summed E-state index contributed by atoms with van der Waals surface area (Å²) in [4.78, 5) is 19.5. The Bertz CT molecular complexity index is 415. The van der Waals surface area contributed by atoms with Crippen LogP contribution in [0.3, 0.4) is 0 Å². The van der Waals surface area contributed by atoms with Gasteiger partial charge in [0.15, 0.2) is 0 Å². The number of hydrogen-bond acceptors (Lipinski definition) is 4. The highest BCUT2D eigenvalue weighted by Gasteiger charge is 2.13. The van der Waals surface area contributed by atoms with Crippen molar-refractivity contribution in [2.45, 2.75) is 19.8 Å². The number of aryl methyl sites for hydroxylation is 1. The van der Waals surface area contributed by atoms with Crippen LogP contribution in [0.25, 0.3) is 0 Å². The average Bonchev–Trinajstić information content (AvgIpc) is 2.31. The zero-order chi connectivity index (χ0) is 14.8. The zero-order valence-corrected chi connectivity index (χ0v) is 11.0. The molecule has 0 aliphatic carbocycles. The molecule has 6 nitrogen and oxygen atoms in total. The zero-order valence-electron chi connectivity index (χ0n) is 11.0. The first-order valence-electron chi connectivity index (χ1n) is 5.66. The van der Waals surface area contributed by atoms with Gasteiger partial charge in [0, 0.05) is 12.8 Å². The van der Waals surface area contributed by atoms with Crippen LogP contribution in [0.15, 0.2) is 24.3 Å². The van der Waals surface area contributed by atoms with Crippen molar-refractivity contribution in [2.75, 3.05) is 13.2 Å². The summed E-state index contributed by atoms with van der Waals surface area (Å²) in [7, 11) is 0. The van der Waals surface area contributed by atoms with E-state index >= 15 is 0 Å². The summed E-state index contributed by atoms with van der Waals surface area (Å²) < 4.78 is 4.91. The second-order valence-electron chi connectivity index (χ2n) is 3.88. The lowest BCUT2D eigenvalue weighted by molar-refractivity contribution is -0.141. The molecular weight excluding hydrogens is 250 g/mol. The molecule has 0 aliphatic rings. The summed E-state index contributed by atoms with van der Waals surface area (Å²) in [6, 6.07) is 7.78. The standard InChI is InChI=1S/C12H16O3.CH3NO2/c1-9-5-3-4-6-12(9)11(7-13)8-15-10(2)14;2-1(3)4/h3-6,11,13H,7-8H2,1-2H3;2H2,(H,3,4). The summed E-state index contributed by atoms with van der Waals surface area (Å²) in [5, 5.41) is 16.4. The number of aliphatic hydroxyl groups excluding tert-OH is 1. The molecule has 6 heteroatoms. The molecule has 106 valence electrons. The summed E-state index contributed by atoms with van der Waals surface area (Å²) in [6.45, 7) is 3.56. The highest BCUT2D eigenvalue weighted by atomic mass is 16.5. The van der Waals surface area contributed by atoms with Gasteiger partial charge in [-0.1, -0.05) is 24.3 Å². The molecule has 0 spiro atoms. The molecule has 0 saturated carbocycles. The van der Waals surface area contributed by atoms with Gasteiger partial charge in [0.2, 0.25) is 0 Å². The van der Waals surface area contributed by atoms with E-state index in [2.05, 4.69) is 5.73 Å². The summed E-state index contributed by atoms with van der Waals surface area (Å²) in [6.07, 6.45) is -1.33. The Balaban J connectivity index is 0.000000711. The lowest BCUT2D eigenvalue weighted by Gasteiger charge is -2.16. The third kappa shape index (κ3) is 7.77. The molecule has 0 fully saturated rings. The van der Waals surface area contributed by atoms with Crippen LogP contribution < -0.4 is 5.73 Å². The number of carbonyl (C=O) groups excluding carboxylic acids is 1. The molecule has 0 heterocycles. The van der Waals surface area contributed by atoms with E-state index in [4.69, 9.17) is 14.6 Å². The number of hydrogen-bond donors (Lipinski definition) is 3. The van der Waals surface area contributed by atoms with Gasteiger partial charge in [0.25, 0.3) is 0 Å². The molecule has 1 rings (SSSR count). The number of amides is 1. The first kappa shape index (κ1) is 16.9. The van der Waals surface area contributed by atoms with E-state index in [9.17, 15) is 9.90 Å². The van der Waals surface area contributed by atoms with Gasteiger partial charge in [-0.25, -0.2) is 4.79 Å². The fourth-order valence-corrected chi connectivity index (χ4v) is 1.50. The highest BCUT2D eigenvalue weighted by Crippen LogP contribution is 2.19. The van der Waals surface area contributed by atoms with Gasteiger partial charge >= 0.3 is 12.1 Å². The molecule has 1 amide bonds. The average molecular weight is 269 g/mol. The summed E-state index contributed by atoms with van der Waals surface area (Å²) in [5.41, 5.74) is 6.16. The van der Waals surface area contributed by atoms with Crippen LogP contribution >= 0.6 is 0 Å². The SMILES string of the molecule is CC(=O)OCC(CO)c1ccccc1C.NC(=O)O. The molecule has 4 N–H and O–H groups in total. The predicted octanol–water partition coefficient (Wildman–Crippen LogP) is 1.26. The number of esters is 1. The van der Waals surface area contributed by atoms with E-state index in [0.717, 1.165) is 11.1 Å². The van der Waals surface area contributed by atoms with Gasteiger partial charge < -0.3 is 20.7 Å². The summed E-state index contributed by atoms with van der Waals surface area (Å²) >= 11 is 0. The Morgan fingerprint density at radius 3 is 2.32 bits per heavy atom. The topological polar surface area (TPSA) is 110 Å². The molecule has 1 atom stereocenters. The van der Waals surface area contributed by atoms with Crippen LogP contribution in [0.4, 0.5) is 4.79 Å². The number of rotatable bonds is 4. The van der Waals surface area contributed by atoms with Crippen molar-refractivity contribution in [3.05, 3.63) is 35.4 Å². The Labute approximate surface area is 111 Å². The van der Waals surface area contributed by atoms with E-state index < -0.39 is 6.09 Å². The minimum absolute atomic E-state index is 0.0157. The maximum absolute atomic E-state index is 10.7. The van der Waals surface area contributed by atoms with Gasteiger partial charge in [-0.15, -0.1) is 0 Å². The third-order valence-electron chi connectivity index (χ3n) is 2.34. The number of aliphatic hydroxyl groups is 1. The maximum Gasteiger partial charge on any atom is 0.402 e. The van der Waals surface area contributed by atoms with Crippen molar-refractivity contribution >= 4 is 12.1 Å². The van der Waals surface area contributed by atoms with Crippen molar-refractivity contribution < 1.29 is 24.5 Å². The molecule has 0 saturated heterocycles. The minimum Gasteiger partial charge on any atom is -0.465 e. The second kappa shape index (κ2) is 8.93. The monoisotopic (exact) mass is 269 g/mol. The van der Waals surface area contributed by atoms with Gasteiger partial charge in [0.05, 0.1) is 6.61 Å². The van der Waals surface area contributed by atoms with Crippen LogP contribution in [-0.4, -0.2) is 35.5 Å². The Morgan fingerprint density at radius 1 is 1.37 bits per heavy atom. The van der Waals surface area contributed by atoms with E-state index in [-0.39, 0.29) is 25.1 Å². The lowest BCUT2D eigenvalue weighted by Crippen LogP contribution is -2.15. The van der Waals surface area contributed by atoms with E-state index in [1.54, 1.807) is 0 Å². The molecule has 0 aromatic heterocycles. The Morgan fingerprint density at radius 2 is 1.89 bits per heavy atom. The molecule has 0 aliphatic heterocycles. The van der Waals surface area contributed by atoms with Crippen molar-refractivity contribution in [3.8, 4) is 0 Å². The van der Waals surface area contributed by atoms with Gasteiger partial charge in [-0.05, 0) is 18.1 Å². The van der Waals surface area contributed by atoms with Crippen LogP contribution in [-0.2, 0) is 9.53 Å². The normalized spacial score (nSPS) is 10.9. The quantitative estimate of drug-likeness (QED) is 0.713. The van der Waals surface area contributed by atoms with E-state index in [0.29, 0.717) is 0 Å². The fraction of sp³-hybridized carbons (Fsp3) is 0.385. The predicted molar refractivity (Wildman–Crippen MR) is 69.9 cm³/mol. The largest absolute Gasteiger partial charge is 0.465 e. The van der Waals surface area contributed by atoms with Crippen molar-refractivity contribution in [1.82, 2.24) is 0 Å². The minimum atomic E-state index is -1.33. The number of carboxylic acid groups (broad SMARTS) is 1. The molecule has 0 radical (unpaired) electrons.